The van der Waals surface area contributed by atoms with Gasteiger partial charge in [-0.3, -0.25) is 9.79 Å². The predicted molar refractivity (Wildman–Crippen MR) is 138 cm³/mol. The molecular formula is C25H30N6O3S. The normalized spacial score (nSPS) is 28.7. The van der Waals surface area contributed by atoms with Crippen LogP contribution in [0.5, 0.6) is 0 Å². The van der Waals surface area contributed by atoms with E-state index < -0.39 is 15.4 Å². The summed E-state index contributed by atoms with van der Waals surface area (Å²) < 4.78 is 27.7. The SMILES string of the molecule is CC1C=NC2=CC=CC3=NC(Nc4ccc(S(=O)(=O)N5CC[C@@H](N(C)C)C5)cc4)=NCC23CC1=O. The fourth-order valence-electron chi connectivity index (χ4n) is 4.89. The number of aliphatic imine (C=N–C) groups is 3. The van der Waals surface area contributed by atoms with E-state index in [4.69, 9.17) is 4.99 Å². The zero-order valence-corrected chi connectivity index (χ0v) is 21.0. The molecule has 4 aliphatic rings. The first kappa shape index (κ1) is 23.8. The van der Waals surface area contributed by atoms with Gasteiger partial charge in [0, 0.05) is 37.5 Å². The molecule has 9 nitrogen and oxygen atoms in total. The Labute approximate surface area is 206 Å². The van der Waals surface area contributed by atoms with Crippen molar-refractivity contribution < 1.29 is 13.2 Å². The number of nitrogens with one attached hydrogen (secondary N) is 1. The third-order valence-electron chi connectivity index (χ3n) is 7.24. The number of sulfonamides is 1. The fourth-order valence-corrected chi connectivity index (χ4v) is 6.38. The first-order valence-electron chi connectivity index (χ1n) is 11.8. The maximum atomic E-state index is 13.1. The van der Waals surface area contributed by atoms with Crippen LogP contribution in [0.2, 0.25) is 0 Å². The van der Waals surface area contributed by atoms with Crippen molar-refractivity contribution in [2.45, 2.75) is 30.7 Å². The molecule has 10 heteroatoms. The van der Waals surface area contributed by atoms with Crippen molar-refractivity contribution in [2.24, 2.45) is 26.3 Å². The summed E-state index contributed by atoms with van der Waals surface area (Å²) in [5, 5.41) is 3.18. The van der Waals surface area contributed by atoms with E-state index >= 15 is 0 Å². The molecule has 184 valence electrons. The van der Waals surface area contributed by atoms with Gasteiger partial charge in [-0.15, -0.1) is 0 Å². The van der Waals surface area contributed by atoms with Gasteiger partial charge in [0.1, 0.15) is 5.78 Å². The molecule has 1 saturated heterocycles. The highest BCUT2D eigenvalue weighted by Gasteiger charge is 2.45. The van der Waals surface area contributed by atoms with E-state index in [1.54, 1.807) is 34.8 Å². The molecule has 3 aliphatic heterocycles. The van der Waals surface area contributed by atoms with Crippen LogP contribution < -0.4 is 5.32 Å². The van der Waals surface area contributed by atoms with Gasteiger partial charge >= 0.3 is 0 Å². The van der Waals surface area contributed by atoms with Gasteiger partial charge < -0.3 is 10.2 Å². The molecule has 1 aromatic rings. The van der Waals surface area contributed by atoms with Gasteiger partial charge in [0.05, 0.1) is 34.2 Å². The molecule has 0 radical (unpaired) electrons. The number of allylic oxidation sites excluding steroid dienone is 3. The van der Waals surface area contributed by atoms with Crippen LogP contribution in [0.1, 0.15) is 19.8 Å². The standard InChI is InChI=1S/C25H30N6O3S/c1-17-14-26-22-5-4-6-23-25(22,13-21(17)32)16-27-24(29-23)28-18-7-9-20(10-8-18)35(33,34)31-12-11-19(15-31)30(2)3/h4-10,14,17,19H,11-13,15-16H2,1-3H3,(H,27,28)/t17?,19-,25?/m1/s1. The van der Waals surface area contributed by atoms with Gasteiger partial charge in [-0.2, -0.15) is 4.31 Å². The summed E-state index contributed by atoms with van der Waals surface area (Å²) in [7, 11) is 0.411. The molecule has 5 rings (SSSR count). The molecular weight excluding hydrogens is 464 g/mol. The lowest BCUT2D eigenvalue weighted by Crippen LogP contribution is -2.42. The fraction of sp³-hybridized carbons (Fsp3) is 0.440. The Balaban J connectivity index is 1.31. The maximum Gasteiger partial charge on any atom is 0.243 e. The van der Waals surface area contributed by atoms with Gasteiger partial charge in [0.15, 0.2) is 0 Å². The number of hydrogen-bond acceptors (Lipinski definition) is 8. The lowest BCUT2D eigenvalue weighted by molar-refractivity contribution is -0.121. The summed E-state index contributed by atoms with van der Waals surface area (Å²) in [6, 6.07) is 6.91. The van der Waals surface area contributed by atoms with Crippen LogP contribution >= 0.6 is 0 Å². The molecule has 1 fully saturated rings. The molecule has 0 amide bonds. The highest BCUT2D eigenvalue weighted by atomic mass is 32.2. The lowest BCUT2D eigenvalue weighted by atomic mass is 9.72. The second-order valence-corrected chi connectivity index (χ2v) is 11.7. The number of rotatable bonds is 4. The highest BCUT2D eigenvalue weighted by molar-refractivity contribution is 7.89. The average molecular weight is 495 g/mol. The number of nitrogens with zero attached hydrogens (tertiary/aromatic N) is 5. The van der Waals surface area contributed by atoms with Crippen molar-refractivity contribution in [3.05, 3.63) is 48.2 Å². The first-order chi connectivity index (χ1) is 16.7. The van der Waals surface area contributed by atoms with Gasteiger partial charge in [-0.05, 0) is 56.9 Å². The summed E-state index contributed by atoms with van der Waals surface area (Å²) in [6.45, 7) is 3.25. The van der Waals surface area contributed by atoms with E-state index in [0.717, 1.165) is 17.8 Å². The largest absolute Gasteiger partial charge is 0.324 e. The molecule has 2 unspecified atom stereocenters. The quantitative estimate of drug-likeness (QED) is 0.692. The van der Waals surface area contributed by atoms with E-state index in [0.29, 0.717) is 37.7 Å². The van der Waals surface area contributed by atoms with Crippen molar-refractivity contribution in [1.82, 2.24) is 9.21 Å². The number of ketones is 1. The Bertz CT molecular complexity index is 1290. The van der Waals surface area contributed by atoms with Crippen molar-refractivity contribution in [2.75, 3.05) is 39.0 Å². The molecule has 35 heavy (non-hydrogen) atoms. The molecule has 0 bridgehead atoms. The number of benzene rings is 1. The van der Waals surface area contributed by atoms with Crippen LogP contribution in [0, 0.1) is 11.3 Å². The summed E-state index contributed by atoms with van der Waals surface area (Å²) in [5.41, 5.74) is 1.63. The molecule has 0 saturated carbocycles. The van der Waals surface area contributed by atoms with E-state index in [1.165, 1.54) is 0 Å². The summed E-state index contributed by atoms with van der Waals surface area (Å²) in [6.07, 6.45) is 8.58. The van der Waals surface area contributed by atoms with Crippen molar-refractivity contribution in [3.8, 4) is 0 Å². The monoisotopic (exact) mass is 494 g/mol. The number of Topliss-reactive ketones (excluding diaryl/α,β-unsaturated/α-hetero) is 1. The Morgan fingerprint density at radius 3 is 2.69 bits per heavy atom. The molecule has 1 aromatic carbocycles. The van der Waals surface area contributed by atoms with Crippen LogP contribution in [0.3, 0.4) is 0 Å². The predicted octanol–water partition coefficient (Wildman–Crippen LogP) is 2.35. The number of hydrogen-bond donors (Lipinski definition) is 1. The minimum atomic E-state index is -3.54. The van der Waals surface area contributed by atoms with Crippen molar-refractivity contribution in [1.29, 1.82) is 0 Å². The highest BCUT2D eigenvalue weighted by Crippen LogP contribution is 2.41. The second kappa shape index (κ2) is 8.92. The van der Waals surface area contributed by atoms with E-state index in [-0.39, 0.29) is 22.6 Å². The number of carbonyl (C=O) groups excluding carboxylic acids is 1. The van der Waals surface area contributed by atoms with Crippen molar-refractivity contribution >= 4 is 39.4 Å². The molecule has 0 aromatic heterocycles. The molecule has 1 spiro atoms. The number of carbonyl (C=O) groups is 1. The minimum absolute atomic E-state index is 0.124. The zero-order valence-electron chi connectivity index (χ0n) is 20.2. The second-order valence-electron chi connectivity index (χ2n) is 9.76. The van der Waals surface area contributed by atoms with Crippen molar-refractivity contribution in [3.63, 3.8) is 0 Å². The molecule has 1 aliphatic carbocycles. The molecule has 3 atom stereocenters. The van der Waals surface area contributed by atoms with E-state index in [1.807, 2.05) is 39.2 Å². The Morgan fingerprint density at radius 1 is 1.20 bits per heavy atom. The van der Waals surface area contributed by atoms with Gasteiger partial charge in [-0.25, -0.2) is 18.4 Å². The number of likely N-dealkylation sites (N-methyl/N-ethyl adjacent to an activating group) is 1. The lowest BCUT2D eigenvalue weighted by Gasteiger charge is -2.35. The molecule has 1 N–H and O–H groups in total. The van der Waals surface area contributed by atoms with E-state index in [2.05, 4.69) is 20.2 Å². The average Bonchev–Trinajstić information content (AvgIpc) is 3.31. The number of anilines is 1. The number of guanidine groups is 1. The maximum absolute atomic E-state index is 13.1. The molecule has 3 heterocycles. The van der Waals surface area contributed by atoms with E-state index in [9.17, 15) is 13.2 Å². The van der Waals surface area contributed by atoms with Gasteiger partial charge in [0.25, 0.3) is 0 Å². The summed E-state index contributed by atoms with van der Waals surface area (Å²) >= 11 is 0. The summed E-state index contributed by atoms with van der Waals surface area (Å²) in [5.74, 6) is 0.317. The van der Waals surface area contributed by atoms with Crippen LogP contribution in [0.25, 0.3) is 0 Å². The van der Waals surface area contributed by atoms with Gasteiger partial charge in [-0.1, -0.05) is 13.0 Å². The Hall–Kier alpha value is -2.95. The smallest absolute Gasteiger partial charge is 0.243 e. The van der Waals surface area contributed by atoms with Crippen LogP contribution in [-0.4, -0.2) is 81.1 Å². The Kier molecular flexibility index (Phi) is 6.06. The van der Waals surface area contributed by atoms with Crippen LogP contribution in [0.15, 0.2) is 68.1 Å². The third kappa shape index (κ3) is 4.30. The zero-order chi connectivity index (χ0) is 24.8. The van der Waals surface area contributed by atoms with Gasteiger partial charge in [0.2, 0.25) is 16.0 Å². The topological polar surface area (TPSA) is 107 Å². The first-order valence-corrected chi connectivity index (χ1v) is 13.3. The minimum Gasteiger partial charge on any atom is -0.324 e. The van der Waals surface area contributed by atoms with Crippen LogP contribution in [0.4, 0.5) is 5.69 Å². The Morgan fingerprint density at radius 2 is 1.97 bits per heavy atom. The third-order valence-corrected chi connectivity index (χ3v) is 9.12. The van der Waals surface area contributed by atoms with Crippen LogP contribution in [-0.2, 0) is 14.8 Å². The summed E-state index contributed by atoms with van der Waals surface area (Å²) in [4.78, 5) is 28.9.